The van der Waals surface area contributed by atoms with Crippen LogP contribution in [-0.4, -0.2) is 39.3 Å². The van der Waals surface area contributed by atoms with Crippen LogP contribution in [0.2, 0.25) is 0 Å². The van der Waals surface area contributed by atoms with E-state index in [9.17, 15) is 18.3 Å². The fourth-order valence-corrected chi connectivity index (χ4v) is 3.49. The third-order valence-corrected chi connectivity index (χ3v) is 4.93. The van der Waals surface area contributed by atoms with Crippen molar-refractivity contribution in [1.29, 1.82) is 0 Å². The van der Waals surface area contributed by atoms with Gasteiger partial charge in [-0.2, -0.15) is 0 Å². The Kier molecular flexibility index (Phi) is 6.18. The van der Waals surface area contributed by atoms with Crippen molar-refractivity contribution in [2.75, 3.05) is 19.0 Å². The Morgan fingerprint density at radius 1 is 1.36 bits per heavy atom. The van der Waals surface area contributed by atoms with Crippen LogP contribution in [0.15, 0.2) is 45.9 Å². The molecule has 25 heavy (non-hydrogen) atoms. The van der Waals surface area contributed by atoms with Crippen LogP contribution in [0.4, 0.5) is 5.69 Å². The highest BCUT2D eigenvalue weighted by Crippen LogP contribution is 2.22. The van der Waals surface area contributed by atoms with E-state index in [0.717, 1.165) is 6.07 Å². The topological polar surface area (TPSA) is 118 Å². The number of ether oxygens (including phenoxy) is 1. The first kappa shape index (κ1) is 19.0. The molecule has 9 heteroatoms. The highest BCUT2D eigenvalue weighted by Gasteiger charge is 2.21. The van der Waals surface area contributed by atoms with Gasteiger partial charge in [-0.15, -0.1) is 0 Å². The van der Waals surface area contributed by atoms with Gasteiger partial charge in [0.05, 0.1) is 29.9 Å². The van der Waals surface area contributed by atoms with E-state index < -0.39 is 22.0 Å². The van der Waals surface area contributed by atoms with Crippen LogP contribution in [0.5, 0.6) is 0 Å². The number of rotatable bonds is 9. The molecule has 0 saturated carbocycles. The number of nitrogens with one attached hydrogen (secondary N) is 2. The highest BCUT2D eigenvalue weighted by atomic mass is 32.2. The molecule has 0 spiro atoms. The second kappa shape index (κ2) is 8.15. The maximum absolute atomic E-state index is 12.4. The van der Waals surface area contributed by atoms with Gasteiger partial charge in [0.2, 0.25) is 10.0 Å². The SMILES string of the molecule is COCC(C)NS(=O)(=O)c1ccc(NCc2ccco2)c(C(=O)O)c1. The van der Waals surface area contributed by atoms with Crippen molar-refractivity contribution < 1.29 is 27.5 Å². The van der Waals surface area contributed by atoms with Gasteiger partial charge in [-0.1, -0.05) is 0 Å². The Morgan fingerprint density at radius 3 is 2.72 bits per heavy atom. The van der Waals surface area contributed by atoms with Crippen molar-refractivity contribution in [2.24, 2.45) is 0 Å². The molecule has 1 unspecified atom stereocenters. The summed E-state index contributed by atoms with van der Waals surface area (Å²) in [7, 11) is -2.39. The molecule has 3 N–H and O–H groups in total. The van der Waals surface area contributed by atoms with Gasteiger partial charge in [0.1, 0.15) is 5.76 Å². The predicted molar refractivity (Wildman–Crippen MR) is 91.1 cm³/mol. The first-order valence-electron chi connectivity index (χ1n) is 7.48. The molecule has 1 aromatic carbocycles. The van der Waals surface area contributed by atoms with Gasteiger partial charge >= 0.3 is 5.97 Å². The smallest absolute Gasteiger partial charge is 0.337 e. The van der Waals surface area contributed by atoms with E-state index in [1.165, 1.54) is 25.5 Å². The average Bonchev–Trinajstić information content (AvgIpc) is 3.05. The number of hydrogen-bond donors (Lipinski definition) is 3. The first-order chi connectivity index (χ1) is 11.8. The molecule has 0 aliphatic carbocycles. The number of aromatic carboxylic acids is 1. The maximum atomic E-state index is 12.4. The Bertz CT molecular complexity index is 817. The van der Waals surface area contributed by atoms with Crippen LogP contribution < -0.4 is 10.0 Å². The van der Waals surface area contributed by atoms with Crippen LogP contribution in [0.25, 0.3) is 0 Å². The molecule has 1 heterocycles. The summed E-state index contributed by atoms with van der Waals surface area (Å²) >= 11 is 0. The molecule has 1 atom stereocenters. The molecule has 136 valence electrons. The molecule has 1 aromatic heterocycles. The zero-order valence-corrected chi connectivity index (χ0v) is 14.7. The van der Waals surface area contributed by atoms with E-state index >= 15 is 0 Å². The lowest BCUT2D eigenvalue weighted by molar-refractivity contribution is 0.0697. The van der Waals surface area contributed by atoms with Gasteiger partial charge in [-0.05, 0) is 37.3 Å². The van der Waals surface area contributed by atoms with Crippen LogP contribution in [-0.2, 0) is 21.3 Å². The lowest BCUT2D eigenvalue weighted by Crippen LogP contribution is -2.35. The molecule has 0 amide bonds. The first-order valence-corrected chi connectivity index (χ1v) is 8.96. The van der Waals surface area contributed by atoms with Crippen LogP contribution in [0, 0.1) is 0 Å². The Balaban J connectivity index is 2.24. The normalized spacial score (nSPS) is 12.7. The summed E-state index contributed by atoms with van der Waals surface area (Å²) in [4.78, 5) is 11.4. The average molecular weight is 368 g/mol. The molecule has 0 radical (unpaired) electrons. The van der Waals surface area contributed by atoms with Crippen molar-refractivity contribution in [3.63, 3.8) is 0 Å². The summed E-state index contributed by atoms with van der Waals surface area (Å²) in [6.45, 7) is 2.13. The zero-order valence-electron chi connectivity index (χ0n) is 13.9. The lowest BCUT2D eigenvalue weighted by Gasteiger charge is -2.15. The van der Waals surface area contributed by atoms with E-state index in [0.29, 0.717) is 11.4 Å². The number of carbonyl (C=O) groups is 1. The van der Waals surface area contributed by atoms with E-state index in [-0.39, 0.29) is 23.6 Å². The number of furan rings is 1. The summed E-state index contributed by atoms with van der Waals surface area (Å²) < 4.78 is 37.2. The lowest BCUT2D eigenvalue weighted by atomic mass is 10.2. The van der Waals surface area contributed by atoms with E-state index in [1.807, 2.05) is 0 Å². The van der Waals surface area contributed by atoms with E-state index in [2.05, 4.69) is 10.0 Å². The third-order valence-electron chi connectivity index (χ3n) is 3.34. The van der Waals surface area contributed by atoms with Gasteiger partial charge in [0.15, 0.2) is 0 Å². The molecule has 0 saturated heterocycles. The summed E-state index contributed by atoms with van der Waals surface area (Å²) in [5.41, 5.74) is 0.154. The van der Waals surface area contributed by atoms with Crippen molar-refractivity contribution in [1.82, 2.24) is 4.72 Å². The Labute approximate surface area is 145 Å². The predicted octanol–water partition coefficient (Wildman–Crippen LogP) is 1.90. The number of carboxylic acid groups (broad SMARTS) is 1. The summed E-state index contributed by atoms with van der Waals surface area (Å²) in [6, 6.07) is 6.90. The van der Waals surface area contributed by atoms with Crippen molar-refractivity contribution in [3.05, 3.63) is 47.9 Å². The Morgan fingerprint density at radius 2 is 2.12 bits per heavy atom. The molecule has 0 aliphatic rings. The van der Waals surface area contributed by atoms with Crippen molar-refractivity contribution in [3.8, 4) is 0 Å². The molecular formula is C16H20N2O6S. The second-order valence-electron chi connectivity index (χ2n) is 5.42. The van der Waals surface area contributed by atoms with Crippen LogP contribution in [0.3, 0.4) is 0 Å². The summed E-state index contributed by atoms with van der Waals surface area (Å²) in [5.74, 6) is -0.605. The minimum atomic E-state index is -3.85. The maximum Gasteiger partial charge on any atom is 0.337 e. The number of sulfonamides is 1. The number of anilines is 1. The molecule has 2 rings (SSSR count). The molecule has 0 fully saturated rings. The molecule has 0 aliphatic heterocycles. The monoisotopic (exact) mass is 368 g/mol. The van der Waals surface area contributed by atoms with Crippen LogP contribution >= 0.6 is 0 Å². The zero-order chi connectivity index (χ0) is 18.4. The van der Waals surface area contributed by atoms with Gasteiger partial charge < -0.3 is 19.6 Å². The van der Waals surface area contributed by atoms with E-state index in [4.69, 9.17) is 9.15 Å². The second-order valence-corrected chi connectivity index (χ2v) is 7.14. The van der Waals surface area contributed by atoms with Crippen molar-refractivity contribution >= 4 is 21.7 Å². The van der Waals surface area contributed by atoms with Gasteiger partial charge in [-0.3, -0.25) is 0 Å². The summed E-state index contributed by atoms with van der Waals surface area (Å²) in [6.07, 6.45) is 1.51. The molecule has 0 bridgehead atoms. The standard InChI is InChI=1S/C16H20N2O6S/c1-11(10-23-2)18-25(21,22)13-5-6-15(14(8-13)16(19)20)17-9-12-4-3-7-24-12/h3-8,11,17-18H,9-10H2,1-2H3,(H,19,20). The molecular weight excluding hydrogens is 348 g/mol. The minimum Gasteiger partial charge on any atom is -0.478 e. The van der Waals surface area contributed by atoms with Crippen LogP contribution in [0.1, 0.15) is 23.0 Å². The summed E-state index contributed by atoms with van der Waals surface area (Å²) in [5, 5.41) is 12.3. The van der Waals surface area contributed by atoms with Gasteiger partial charge in [0, 0.05) is 18.8 Å². The number of benzene rings is 1. The minimum absolute atomic E-state index is 0.128. The van der Waals surface area contributed by atoms with Crippen molar-refractivity contribution in [2.45, 2.75) is 24.4 Å². The number of hydrogen-bond acceptors (Lipinski definition) is 6. The number of methoxy groups -OCH3 is 1. The fourth-order valence-electron chi connectivity index (χ4n) is 2.23. The quantitative estimate of drug-likeness (QED) is 0.619. The van der Waals surface area contributed by atoms with E-state index in [1.54, 1.807) is 19.1 Å². The number of carboxylic acids is 1. The largest absolute Gasteiger partial charge is 0.478 e. The molecule has 8 nitrogen and oxygen atoms in total. The van der Waals surface area contributed by atoms with Gasteiger partial charge in [-0.25, -0.2) is 17.9 Å². The third kappa shape index (κ3) is 5.05. The molecule has 2 aromatic rings. The highest BCUT2D eigenvalue weighted by molar-refractivity contribution is 7.89. The fraction of sp³-hybridized carbons (Fsp3) is 0.312. The Hall–Kier alpha value is -2.36. The van der Waals surface area contributed by atoms with Gasteiger partial charge in [0.25, 0.3) is 0 Å².